The number of pyridine rings is 2. The lowest BCUT2D eigenvalue weighted by molar-refractivity contribution is 0.00695. The van der Waals surface area contributed by atoms with Crippen molar-refractivity contribution < 1.29 is 19.0 Å². The summed E-state index contributed by atoms with van der Waals surface area (Å²) in [5.41, 5.74) is 1.66. The van der Waals surface area contributed by atoms with E-state index in [1.165, 1.54) is 0 Å². The molecule has 0 aliphatic carbocycles. The first-order valence-corrected chi connectivity index (χ1v) is 10.9. The lowest BCUT2D eigenvalue weighted by atomic mass is 10.1. The van der Waals surface area contributed by atoms with Crippen LogP contribution in [-0.4, -0.2) is 34.8 Å². The largest absolute Gasteiger partial charge is 0.491 e. The van der Waals surface area contributed by atoms with Crippen molar-refractivity contribution in [3.63, 3.8) is 0 Å². The number of ether oxygens (including phenoxy) is 3. The van der Waals surface area contributed by atoms with E-state index in [0.717, 1.165) is 11.3 Å². The van der Waals surface area contributed by atoms with Crippen molar-refractivity contribution >= 4 is 17.5 Å². The van der Waals surface area contributed by atoms with Crippen molar-refractivity contribution in [3.8, 4) is 11.6 Å². The second-order valence-corrected chi connectivity index (χ2v) is 8.84. The monoisotopic (exact) mass is 449 g/mol. The van der Waals surface area contributed by atoms with E-state index in [1.807, 2.05) is 75.9 Å². The minimum absolute atomic E-state index is 0.0658. The number of hydrogen-bond acceptors (Lipinski definition) is 7. The Balaban J connectivity index is 2.05. The normalized spacial score (nSPS) is 11.2. The van der Waals surface area contributed by atoms with E-state index in [9.17, 15) is 4.79 Å². The van der Waals surface area contributed by atoms with E-state index < -0.39 is 5.60 Å². The summed E-state index contributed by atoms with van der Waals surface area (Å²) in [7, 11) is 1.58. The molecular formula is C26H31N3O4. The van der Waals surface area contributed by atoms with Gasteiger partial charge in [0.2, 0.25) is 0 Å². The van der Waals surface area contributed by atoms with Crippen LogP contribution in [0.5, 0.6) is 11.6 Å². The van der Waals surface area contributed by atoms with Gasteiger partial charge in [-0.05, 0) is 76.6 Å². The van der Waals surface area contributed by atoms with Crippen LogP contribution in [0.1, 0.15) is 50.5 Å². The number of anilines is 2. The quantitative estimate of drug-likeness (QED) is 0.416. The molecule has 7 nitrogen and oxygen atoms in total. The molecule has 174 valence electrons. The first kappa shape index (κ1) is 24.0. The van der Waals surface area contributed by atoms with Crippen LogP contribution in [0.25, 0.3) is 0 Å². The molecule has 2 aromatic heterocycles. The number of carbonyl (C=O) groups excluding carboxylic acids is 1. The highest BCUT2D eigenvalue weighted by Gasteiger charge is 2.21. The van der Waals surface area contributed by atoms with E-state index in [4.69, 9.17) is 19.2 Å². The summed E-state index contributed by atoms with van der Waals surface area (Å²) in [6, 6.07) is 14.9. The number of rotatable bonds is 8. The van der Waals surface area contributed by atoms with Gasteiger partial charge in [0.15, 0.2) is 5.75 Å². The van der Waals surface area contributed by atoms with Gasteiger partial charge in [0.25, 0.3) is 5.88 Å². The summed E-state index contributed by atoms with van der Waals surface area (Å²) in [6.07, 6.45) is 3.47. The summed E-state index contributed by atoms with van der Waals surface area (Å²) in [4.78, 5) is 23.6. The number of esters is 1. The molecule has 0 saturated heterocycles. The minimum atomic E-state index is -0.580. The second kappa shape index (κ2) is 10.3. The summed E-state index contributed by atoms with van der Waals surface area (Å²) in [5.74, 6) is 1.23. The number of hydrogen-bond donors (Lipinski definition) is 0. The smallest absolute Gasteiger partial charge is 0.338 e. The Kier molecular flexibility index (Phi) is 7.53. The van der Waals surface area contributed by atoms with Crippen LogP contribution < -0.4 is 14.4 Å². The zero-order chi connectivity index (χ0) is 24.0. The molecule has 1 aromatic carbocycles. The summed E-state index contributed by atoms with van der Waals surface area (Å²) >= 11 is 0. The molecule has 2 heterocycles. The molecule has 0 bridgehead atoms. The predicted octanol–water partition coefficient (Wildman–Crippen LogP) is 5.57. The third-order valence-electron chi connectivity index (χ3n) is 4.51. The lowest BCUT2D eigenvalue weighted by Crippen LogP contribution is -2.24. The fourth-order valence-corrected chi connectivity index (χ4v) is 3.15. The minimum Gasteiger partial charge on any atom is -0.491 e. The number of carbonyl (C=O) groups is 1. The van der Waals surface area contributed by atoms with Crippen molar-refractivity contribution in [2.75, 3.05) is 12.0 Å². The van der Waals surface area contributed by atoms with Crippen LogP contribution in [0.4, 0.5) is 11.5 Å². The third kappa shape index (κ3) is 6.68. The molecule has 0 radical (unpaired) electrons. The van der Waals surface area contributed by atoms with Crippen LogP contribution in [0.15, 0.2) is 60.9 Å². The van der Waals surface area contributed by atoms with Crippen LogP contribution >= 0.6 is 0 Å². The highest BCUT2D eigenvalue weighted by atomic mass is 16.6. The molecule has 3 rings (SSSR count). The van der Waals surface area contributed by atoms with Crippen molar-refractivity contribution in [1.29, 1.82) is 0 Å². The molecule has 7 heteroatoms. The maximum Gasteiger partial charge on any atom is 0.338 e. The summed E-state index contributed by atoms with van der Waals surface area (Å²) < 4.78 is 16.9. The van der Waals surface area contributed by atoms with E-state index in [0.29, 0.717) is 29.6 Å². The number of benzene rings is 1. The van der Waals surface area contributed by atoms with Gasteiger partial charge in [-0.25, -0.2) is 4.79 Å². The molecule has 0 saturated carbocycles. The van der Waals surface area contributed by atoms with Gasteiger partial charge < -0.3 is 19.1 Å². The van der Waals surface area contributed by atoms with Crippen molar-refractivity contribution in [2.24, 2.45) is 0 Å². The topological polar surface area (TPSA) is 73.8 Å². The maximum atomic E-state index is 12.7. The van der Waals surface area contributed by atoms with Crippen LogP contribution in [0.3, 0.4) is 0 Å². The standard InChI is InChI=1S/C26H31N3O4/c1-18(2)32-24-22(31-6)12-13-23(28-24)29(17-19-9-8-14-27-16-19)21-11-7-10-20(15-21)25(30)33-26(3,4)5/h7-16,18H,17H2,1-6H3. The first-order chi connectivity index (χ1) is 15.7. The number of methoxy groups -OCH3 is 1. The van der Waals surface area contributed by atoms with Crippen molar-refractivity contribution in [3.05, 3.63) is 72.1 Å². The highest BCUT2D eigenvalue weighted by Crippen LogP contribution is 2.33. The molecule has 0 unspecified atom stereocenters. The van der Waals surface area contributed by atoms with Gasteiger partial charge >= 0.3 is 5.97 Å². The molecule has 0 spiro atoms. The average molecular weight is 450 g/mol. The Bertz CT molecular complexity index is 1080. The Morgan fingerprint density at radius 2 is 1.88 bits per heavy atom. The van der Waals surface area contributed by atoms with Gasteiger partial charge in [-0.15, -0.1) is 0 Å². The molecule has 0 aliphatic heterocycles. The zero-order valence-electron chi connectivity index (χ0n) is 20.0. The number of aromatic nitrogens is 2. The van der Waals surface area contributed by atoms with Gasteiger partial charge in [-0.1, -0.05) is 12.1 Å². The molecular weight excluding hydrogens is 418 g/mol. The maximum absolute atomic E-state index is 12.7. The molecule has 0 N–H and O–H groups in total. The molecule has 0 amide bonds. The Morgan fingerprint density at radius 3 is 2.52 bits per heavy atom. The van der Waals surface area contributed by atoms with E-state index in [-0.39, 0.29) is 12.1 Å². The van der Waals surface area contributed by atoms with Crippen molar-refractivity contribution in [2.45, 2.75) is 52.9 Å². The molecule has 0 fully saturated rings. The van der Waals surface area contributed by atoms with E-state index in [1.54, 1.807) is 31.6 Å². The van der Waals surface area contributed by atoms with Gasteiger partial charge in [0, 0.05) is 18.1 Å². The fourth-order valence-electron chi connectivity index (χ4n) is 3.15. The van der Waals surface area contributed by atoms with E-state index >= 15 is 0 Å². The third-order valence-corrected chi connectivity index (χ3v) is 4.51. The van der Waals surface area contributed by atoms with Crippen molar-refractivity contribution in [1.82, 2.24) is 9.97 Å². The van der Waals surface area contributed by atoms with Gasteiger partial charge in [0.05, 0.1) is 25.3 Å². The fraction of sp³-hybridized carbons (Fsp3) is 0.346. The number of nitrogens with zero attached hydrogens (tertiary/aromatic N) is 3. The molecule has 0 aliphatic rings. The first-order valence-electron chi connectivity index (χ1n) is 10.9. The summed E-state index contributed by atoms with van der Waals surface area (Å²) in [6.45, 7) is 9.91. The molecule has 33 heavy (non-hydrogen) atoms. The zero-order valence-corrected chi connectivity index (χ0v) is 20.0. The van der Waals surface area contributed by atoms with Crippen LogP contribution in [0, 0.1) is 0 Å². The highest BCUT2D eigenvalue weighted by molar-refractivity contribution is 5.91. The van der Waals surface area contributed by atoms with Gasteiger partial charge in [0.1, 0.15) is 11.4 Å². The Morgan fingerprint density at radius 1 is 1.09 bits per heavy atom. The van der Waals surface area contributed by atoms with Crippen LogP contribution in [-0.2, 0) is 11.3 Å². The van der Waals surface area contributed by atoms with Crippen LogP contribution in [0.2, 0.25) is 0 Å². The van der Waals surface area contributed by atoms with Gasteiger partial charge in [-0.3, -0.25) is 4.98 Å². The predicted molar refractivity (Wildman–Crippen MR) is 128 cm³/mol. The van der Waals surface area contributed by atoms with E-state index in [2.05, 4.69) is 4.98 Å². The molecule has 3 aromatic rings. The SMILES string of the molecule is COc1ccc(N(Cc2cccnc2)c2cccc(C(=O)OC(C)(C)C)c2)nc1OC(C)C. The lowest BCUT2D eigenvalue weighted by Gasteiger charge is -2.26. The average Bonchev–Trinajstić information content (AvgIpc) is 2.77. The molecule has 0 atom stereocenters. The Hall–Kier alpha value is -3.61. The Labute approximate surface area is 195 Å². The van der Waals surface area contributed by atoms with Gasteiger partial charge in [-0.2, -0.15) is 4.98 Å². The second-order valence-electron chi connectivity index (χ2n) is 8.84. The summed E-state index contributed by atoms with van der Waals surface area (Å²) in [5, 5.41) is 0.